The number of piperidine rings is 1. The van der Waals surface area contributed by atoms with E-state index in [1.165, 1.54) is 25.1 Å². The molecule has 0 saturated carbocycles. The van der Waals surface area contributed by atoms with Crippen LogP contribution >= 0.6 is 11.6 Å². The van der Waals surface area contributed by atoms with Gasteiger partial charge in [-0.1, -0.05) is 17.7 Å². The maximum absolute atomic E-state index is 12.8. The first-order chi connectivity index (χ1) is 15.7. The number of ether oxygens (including phenoxy) is 2. The molecule has 176 valence electrons. The fourth-order valence-electron chi connectivity index (χ4n) is 3.84. The highest BCUT2D eigenvalue weighted by Gasteiger charge is 2.31. The Bertz CT molecular complexity index is 1160. The third-order valence-corrected chi connectivity index (χ3v) is 7.40. The molecule has 2 amide bonds. The van der Waals surface area contributed by atoms with E-state index in [9.17, 15) is 18.0 Å². The third-order valence-electron chi connectivity index (χ3n) is 5.63. The highest BCUT2D eigenvalue weighted by molar-refractivity contribution is 7.89. The van der Waals surface area contributed by atoms with Crippen molar-refractivity contribution >= 4 is 39.1 Å². The summed E-state index contributed by atoms with van der Waals surface area (Å²) in [6, 6.07) is 10.1. The number of nitrogens with one attached hydrogen (secondary N) is 2. The second-order valence-electron chi connectivity index (χ2n) is 7.96. The average molecular weight is 494 g/mol. The molecule has 0 radical (unpaired) electrons. The molecule has 0 aliphatic carbocycles. The Morgan fingerprint density at radius 1 is 1.09 bits per heavy atom. The molecule has 0 spiro atoms. The number of carbonyl (C=O) groups excluding carboxylic acids is 2. The quantitative estimate of drug-likeness (QED) is 0.639. The van der Waals surface area contributed by atoms with Gasteiger partial charge in [0.05, 0.1) is 10.9 Å². The average Bonchev–Trinajstić information content (AvgIpc) is 3.26. The number of rotatable bonds is 6. The molecule has 0 aromatic heterocycles. The van der Waals surface area contributed by atoms with Crippen LogP contribution in [0.4, 0.5) is 5.69 Å². The van der Waals surface area contributed by atoms with Crippen molar-refractivity contribution in [2.45, 2.75) is 30.7 Å². The van der Waals surface area contributed by atoms with Gasteiger partial charge in [-0.25, -0.2) is 8.42 Å². The van der Waals surface area contributed by atoms with Crippen LogP contribution in [-0.2, 0) is 19.6 Å². The zero-order chi connectivity index (χ0) is 23.6. The molecule has 2 aromatic carbocycles. The summed E-state index contributed by atoms with van der Waals surface area (Å²) in [5.74, 6) is 0.506. The zero-order valence-corrected chi connectivity index (χ0v) is 19.5. The van der Waals surface area contributed by atoms with E-state index in [0.717, 1.165) is 0 Å². The van der Waals surface area contributed by atoms with Crippen molar-refractivity contribution in [3.63, 3.8) is 0 Å². The number of halogens is 1. The van der Waals surface area contributed by atoms with Crippen LogP contribution in [0.1, 0.15) is 19.8 Å². The van der Waals surface area contributed by atoms with E-state index >= 15 is 0 Å². The van der Waals surface area contributed by atoms with Crippen LogP contribution in [0.5, 0.6) is 11.5 Å². The molecule has 2 N–H and O–H groups in total. The summed E-state index contributed by atoms with van der Waals surface area (Å²) in [5, 5.41) is 3.17. The molecule has 4 rings (SSSR count). The minimum Gasteiger partial charge on any atom is -0.454 e. The highest BCUT2D eigenvalue weighted by atomic mass is 35.5. The summed E-state index contributed by atoms with van der Waals surface area (Å²) in [7, 11) is -3.89. The Kier molecular flexibility index (Phi) is 6.78. The molecular formula is C22H24ClN3O6S. The van der Waals surface area contributed by atoms with E-state index in [1.807, 2.05) is 0 Å². The number of amides is 2. The van der Waals surface area contributed by atoms with E-state index in [-0.39, 0.29) is 34.4 Å². The summed E-state index contributed by atoms with van der Waals surface area (Å²) in [5.41, 5.74) is 0.617. The lowest BCUT2D eigenvalue weighted by molar-refractivity contribution is -0.135. The fourth-order valence-corrected chi connectivity index (χ4v) is 5.34. The molecule has 1 saturated heterocycles. The van der Waals surface area contributed by atoms with Gasteiger partial charge in [-0.3, -0.25) is 9.59 Å². The van der Waals surface area contributed by atoms with Crippen molar-refractivity contribution in [2.24, 2.45) is 5.92 Å². The molecule has 2 aromatic rings. The molecule has 2 heterocycles. The van der Waals surface area contributed by atoms with Gasteiger partial charge in [-0.15, -0.1) is 0 Å². The first-order valence-electron chi connectivity index (χ1n) is 10.5. The predicted octanol–water partition coefficient (Wildman–Crippen LogP) is 2.61. The van der Waals surface area contributed by atoms with Crippen molar-refractivity contribution in [3.05, 3.63) is 47.5 Å². The van der Waals surface area contributed by atoms with Crippen LogP contribution in [0.15, 0.2) is 47.4 Å². The summed E-state index contributed by atoms with van der Waals surface area (Å²) in [6.07, 6.45) is 0.964. The number of nitrogens with zero attached hydrogens (tertiary/aromatic N) is 1. The first kappa shape index (κ1) is 23.3. The third kappa shape index (κ3) is 5.40. The van der Waals surface area contributed by atoms with Crippen LogP contribution < -0.4 is 19.5 Å². The van der Waals surface area contributed by atoms with Crippen LogP contribution in [-0.4, -0.2) is 51.1 Å². The summed E-state index contributed by atoms with van der Waals surface area (Å²) >= 11 is 5.87. The van der Waals surface area contributed by atoms with Crippen molar-refractivity contribution in [1.82, 2.24) is 9.62 Å². The van der Waals surface area contributed by atoms with Gasteiger partial charge < -0.3 is 19.7 Å². The largest absolute Gasteiger partial charge is 0.454 e. The van der Waals surface area contributed by atoms with Crippen molar-refractivity contribution in [2.75, 3.05) is 25.2 Å². The van der Waals surface area contributed by atoms with Crippen LogP contribution in [0, 0.1) is 5.92 Å². The zero-order valence-electron chi connectivity index (χ0n) is 17.9. The first-order valence-corrected chi connectivity index (χ1v) is 12.4. The van der Waals surface area contributed by atoms with Gasteiger partial charge in [-0.2, -0.15) is 4.72 Å². The minimum absolute atomic E-state index is 0.00598. The van der Waals surface area contributed by atoms with E-state index < -0.39 is 16.1 Å². The Morgan fingerprint density at radius 2 is 1.82 bits per heavy atom. The number of benzene rings is 2. The van der Waals surface area contributed by atoms with Gasteiger partial charge in [0.2, 0.25) is 28.6 Å². The molecule has 2 aliphatic rings. The smallest absolute Gasteiger partial charge is 0.241 e. The maximum Gasteiger partial charge on any atom is 0.241 e. The van der Waals surface area contributed by atoms with Gasteiger partial charge in [0.1, 0.15) is 0 Å². The number of hydrogen-bond donors (Lipinski definition) is 2. The number of likely N-dealkylation sites (tertiary alicyclic amines) is 1. The normalized spacial score (nSPS) is 17.0. The molecule has 9 nitrogen and oxygen atoms in total. The molecule has 33 heavy (non-hydrogen) atoms. The molecule has 1 atom stereocenters. The monoisotopic (exact) mass is 493 g/mol. The van der Waals surface area contributed by atoms with E-state index in [0.29, 0.717) is 43.1 Å². The Hall–Kier alpha value is -2.82. The van der Waals surface area contributed by atoms with Crippen molar-refractivity contribution in [1.29, 1.82) is 0 Å². The summed E-state index contributed by atoms with van der Waals surface area (Å²) in [4.78, 5) is 27.0. The SMILES string of the molecule is C[C@H](NS(=O)(=O)c1cccc(Cl)c1)C(=O)N1CCC(C(=O)Nc2ccc3c(c2)OCO3)CC1. The highest BCUT2D eigenvalue weighted by Crippen LogP contribution is 2.34. The molecule has 0 unspecified atom stereocenters. The minimum atomic E-state index is -3.89. The number of carbonyl (C=O) groups is 2. The van der Waals surface area contributed by atoms with E-state index in [4.69, 9.17) is 21.1 Å². The van der Waals surface area contributed by atoms with Crippen molar-refractivity contribution < 1.29 is 27.5 Å². The number of fused-ring (bicyclic) bond motifs is 1. The van der Waals surface area contributed by atoms with Crippen LogP contribution in [0.3, 0.4) is 0 Å². The fraction of sp³-hybridized carbons (Fsp3) is 0.364. The van der Waals surface area contributed by atoms with E-state index in [2.05, 4.69) is 10.0 Å². The van der Waals surface area contributed by atoms with Crippen molar-refractivity contribution in [3.8, 4) is 11.5 Å². The molecule has 0 bridgehead atoms. The van der Waals surface area contributed by atoms with Gasteiger partial charge in [0.25, 0.3) is 0 Å². The number of hydrogen-bond acceptors (Lipinski definition) is 6. The number of anilines is 1. The summed E-state index contributed by atoms with van der Waals surface area (Å²) < 4.78 is 38.1. The molecule has 1 fully saturated rings. The maximum atomic E-state index is 12.8. The Labute approximate surface area is 197 Å². The second kappa shape index (κ2) is 9.58. The van der Waals surface area contributed by atoms with Crippen LogP contribution in [0.25, 0.3) is 0 Å². The lowest BCUT2D eigenvalue weighted by atomic mass is 9.95. The molecular weight excluding hydrogens is 470 g/mol. The number of sulfonamides is 1. The lowest BCUT2D eigenvalue weighted by Crippen LogP contribution is -2.50. The second-order valence-corrected chi connectivity index (χ2v) is 10.1. The van der Waals surface area contributed by atoms with E-state index in [1.54, 1.807) is 29.2 Å². The van der Waals surface area contributed by atoms with Crippen LogP contribution in [0.2, 0.25) is 5.02 Å². The Morgan fingerprint density at radius 3 is 2.55 bits per heavy atom. The van der Waals surface area contributed by atoms with Gasteiger partial charge in [0.15, 0.2) is 11.5 Å². The molecule has 2 aliphatic heterocycles. The van der Waals surface area contributed by atoms with Gasteiger partial charge in [0, 0.05) is 35.8 Å². The standard InChI is InChI=1S/C22H24ClN3O6S/c1-14(25-33(29,30)18-4-2-3-16(23)11-18)22(28)26-9-7-15(8-10-26)21(27)24-17-5-6-19-20(12-17)32-13-31-19/h2-6,11-12,14-15,25H,7-10,13H2,1H3,(H,24,27)/t14-/m0/s1. The predicted molar refractivity (Wildman–Crippen MR) is 122 cm³/mol. The Balaban J connectivity index is 1.29. The van der Waals surface area contributed by atoms with Gasteiger partial charge >= 0.3 is 0 Å². The lowest BCUT2D eigenvalue weighted by Gasteiger charge is -2.33. The topological polar surface area (TPSA) is 114 Å². The summed E-state index contributed by atoms with van der Waals surface area (Å²) in [6.45, 7) is 2.39. The van der Waals surface area contributed by atoms with Gasteiger partial charge in [-0.05, 0) is 50.1 Å². The molecule has 11 heteroatoms.